The molecule has 0 bridgehead atoms. The summed E-state index contributed by atoms with van der Waals surface area (Å²) < 4.78 is 90.8. The molecule has 0 aliphatic heterocycles. The van der Waals surface area contributed by atoms with E-state index in [2.05, 4.69) is 46.9 Å². The Bertz CT molecular complexity index is 4320. The zero-order valence-electron chi connectivity index (χ0n) is 55.1. The second kappa shape index (κ2) is 30.4. The number of amides is 6. The number of carbonyl (C=O) groups is 6. The molecule has 27 heteroatoms. The summed E-state index contributed by atoms with van der Waals surface area (Å²) in [6, 6.07) is 32.9. The number of hydrogen-bond acceptors (Lipinski definition) is 15. The molecule has 6 amide bonds. The fourth-order valence-electron chi connectivity index (χ4n) is 11.7. The van der Waals surface area contributed by atoms with E-state index in [1.807, 2.05) is 39.0 Å². The van der Waals surface area contributed by atoms with Gasteiger partial charge in [0.05, 0.1) is 57.9 Å². The van der Waals surface area contributed by atoms with Crippen molar-refractivity contribution in [2.75, 3.05) is 73.3 Å². The van der Waals surface area contributed by atoms with Crippen LogP contribution in [0.4, 0.5) is 17.1 Å². The number of fused-ring (bicyclic) bond motifs is 3. The number of rotatable bonds is 30. The van der Waals surface area contributed by atoms with E-state index in [4.69, 9.17) is 14.2 Å². The summed E-state index contributed by atoms with van der Waals surface area (Å²) in [7, 11) is -6.13. The Morgan fingerprint density at radius 1 is 0.381 bits per heavy atom. The molecule has 0 aliphatic carbocycles. The van der Waals surface area contributed by atoms with E-state index in [0.29, 0.717) is 67.7 Å². The number of hydrogen-bond donors (Lipinski definition) is 9. The monoisotopic (exact) mass is 1380 g/mol. The van der Waals surface area contributed by atoms with Crippen molar-refractivity contribution in [2.24, 2.45) is 0 Å². The molecule has 0 saturated carbocycles. The first-order valence-electron chi connectivity index (χ1n) is 31.0. The molecule has 9 N–H and O–H groups in total. The number of aromatic nitrogens is 3. The van der Waals surface area contributed by atoms with Gasteiger partial charge in [0.15, 0.2) is 0 Å². The van der Waals surface area contributed by atoms with Gasteiger partial charge >= 0.3 is 0 Å². The topological polar surface area (TPSA) is 352 Å². The summed E-state index contributed by atoms with van der Waals surface area (Å²) in [4.78, 5) is 93.4. The van der Waals surface area contributed by atoms with Crippen LogP contribution in [0.25, 0.3) is 32.7 Å². The van der Waals surface area contributed by atoms with Gasteiger partial charge in [-0.25, -0.2) is 25.3 Å². The molecule has 0 radical (unpaired) electrons. The predicted molar refractivity (Wildman–Crippen MR) is 375 cm³/mol. The average Bonchev–Trinajstić information content (AvgIpc) is 1.80. The van der Waals surface area contributed by atoms with E-state index in [9.17, 15) is 54.0 Å². The van der Waals surface area contributed by atoms with Crippen LogP contribution in [0, 0.1) is 20.8 Å². The highest BCUT2D eigenvalue weighted by atomic mass is 32.2. The van der Waals surface area contributed by atoms with Crippen molar-refractivity contribution in [3.05, 3.63) is 178 Å². The maximum absolute atomic E-state index is 14.1. The molecule has 0 unspecified atom stereocenters. The minimum Gasteiger partial charge on any atom is -0.497 e. The van der Waals surface area contributed by atoms with E-state index in [-0.39, 0.29) is 38.5 Å². The molecule has 512 valence electrons. The molecule has 24 nitrogen and oxygen atoms in total. The van der Waals surface area contributed by atoms with Gasteiger partial charge in [-0.1, -0.05) is 36.4 Å². The molecule has 0 saturated heterocycles. The second-order valence-corrected chi connectivity index (χ2v) is 31.1. The Kier molecular flexibility index (Phi) is 22.3. The van der Waals surface area contributed by atoms with E-state index >= 15 is 0 Å². The van der Waals surface area contributed by atoms with Crippen LogP contribution in [0.2, 0.25) is 0 Å². The Balaban J connectivity index is 0.967. The molecule has 3 heterocycles. The minimum absolute atomic E-state index is 0.125. The maximum atomic E-state index is 14.1. The first-order chi connectivity index (χ1) is 45.9. The molecule has 3 aromatic heterocycles. The summed E-state index contributed by atoms with van der Waals surface area (Å²) in [5, 5.41) is 19.0. The van der Waals surface area contributed by atoms with E-state index in [1.165, 1.54) is 21.3 Å². The molecule has 0 fully saturated rings. The number of carbonyl (C=O) groups excluding carboxylic acids is 6. The number of sulfone groups is 3. The number of ether oxygens (including phenoxy) is 3. The fourth-order valence-corrected chi connectivity index (χ4v) is 13.7. The van der Waals surface area contributed by atoms with Crippen molar-refractivity contribution in [3.63, 3.8) is 0 Å². The van der Waals surface area contributed by atoms with Gasteiger partial charge in [-0.05, 0) is 164 Å². The molecule has 0 aliphatic rings. The molecule has 0 spiro atoms. The van der Waals surface area contributed by atoms with Crippen LogP contribution < -0.4 is 46.1 Å². The lowest BCUT2D eigenvalue weighted by Crippen LogP contribution is -2.45. The van der Waals surface area contributed by atoms with E-state index in [0.717, 1.165) is 68.6 Å². The van der Waals surface area contributed by atoms with Crippen LogP contribution in [0.3, 0.4) is 0 Å². The number of H-pyrrole nitrogens is 3. The number of methoxy groups -OCH3 is 3. The number of aryl methyl sites for hydroxylation is 3. The lowest BCUT2D eigenvalue weighted by Gasteiger charge is -2.22. The first kappa shape index (κ1) is 71.3. The van der Waals surface area contributed by atoms with Gasteiger partial charge in [0, 0.05) is 91.5 Å². The highest BCUT2D eigenvalue weighted by molar-refractivity contribution is 7.91. The van der Waals surface area contributed by atoms with Crippen molar-refractivity contribution in [3.8, 4) is 17.2 Å². The molecular formula is C70H79N9O15S3. The quantitative estimate of drug-likeness (QED) is 0.0196. The third kappa shape index (κ3) is 18.9. The zero-order chi connectivity index (χ0) is 70.1. The average molecular weight is 1380 g/mol. The second-order valence-electron chi connectivity index (χ2n) is 24.3. The largest absolute Gasteiger partial charge is 0.497 e. The minimum atomic E-state index is -3.58. The molecule has 9 rings (SSSR count). The van der Waals surface area contributed by atoms with Crippen molar-refractivity contribution in [2.45, 2.75) is 83.3 Å². The first-order valence-corrected chi connectivity index (χ1v) is 37.2. The molecular weight excluding hydrogens is 1300 g/mol. The van der Waals surface area contributed by atoms with Crippen LogP contribution in [0.15, 0.2) is 127 Å². The normalized spacial score (nSPS) is 12.8. The molecule has 9 aromatic rings. The number of aromatic amines is 3. The van der Waals surface area contributed by atoms with Gasteiger partial charge in [-0.15, -0.1) is 0 Å². The lowest BCUT2D eigenvalue weighted by atomic mass is 9.85. The number of anilines is 3. The predicted octanol–water partition coefficient (Wildman–Crippen LogP) is 7.56. The van der Waals surface area contributed by atoms with Gasteiger partial charge in [-0.2, -0.15) is 0 Å². The van der Waals surface area contributed by atoms with Gasteiger partial charge < -0.3 is 61.1 Å². The van der Waals surface area contributed by atoms with Crippen molar-refractivity contribution in [1.29, 1.82) is 0 Å². The Morgan fingerprint density at radius 3 is 0.856 bits per heavy atom. The van der Waals surface area contributed by atoms with Crippen LogP contribution in [0.1, 0.15) is 75.6 Å². The standard InChI is InChI=1S/C70H79N9O15S3/c1-40-52(55-34-49(92-4)22-25-58(55)71-40)37-64(80)77-61(28-31-95(7,86)87)68(83)74-46-16-10-43(11-17-46)67(44-12-18-47(19-13-44)75-69(84)62(29-32-96(8,88)89)78-65(81)38-53-41(2)72-59-26-23-50(93-5)35-56(53)59)45-14-20-48(21-15-45)76-70(85)63(30-33-97(9,90)91)79-66(82)39-54-42(3)73-60-27-24-51(94-6)36-57(54)60/h10-27,34-36,61-63,67,71-73H,28-33,37-39H2,1-9H3,(H,74,83)(H,75,84)(H,76,85)(H,77,80)(H,78,81)(H,79,82)/t61-,62-,63-/m0/s1. The van der Waals surface area contributed by atoms with Crippen LogP contribution in [-0.4, -0.2) is 151 Å². The lowest BCUT2D eigenvalue weighted by molar-refractivity contribution is -0.126. The molecule has 97 heavy (non-hydrogen) atoms. The SMILES string of the molecule is COc1ccc2[nH]c(C)c(CC(=O)N[C@@H](CCS(C)(=O)=O)C(=O)Nc3ccc(C(c4ccc(NC(=O)[C@H](CCS(C)(=O)=O)NC(=O)Cc5c(C)[nH]c6ccc(OC)cc56)cc4)c4ccc(NC(=O)[C@H](CCS(C)(=O)=O)NC(=O)Cc5c(C)[nH]c6ccc(OC)cc56)cc4)cc3)c2c1. The number of nitrogens with one attached hydrogen (secondary N) is 9. The third-order valence-corrected chi connectivity index (χ3v) is 19.7. The Hall–Kier alpha value is -9.99. The van der Waals surface area contributed by atoms with Gasteiger partial charge in [0.2, 0.25) is 35.4 Å². The molecule has 6 aromatic carbocycles. The van der Waals surface area contributed by atoms with Gasteiger partial charge in [-0.3, -0.25) is 28.8 Å². The number of benzene rings is 6. The van der Waals surface area contributed by atoms with Crippen molar-refractivity contribution < 1.29 is 68.2 Å². The third-order valence-electron chi connectivity index (χ3n) is 16.8. The Morgan fingerprint density at radius 2 is 0.629 bits per heavy atom. The summed E-state index contributed by atoms with van der Waals surface area (Å²) in [5.41, 5.74) is 9.54. The summed E-state index contributed by atoms with van der Waals surface area (Å²) in [5.74, 6) is -3.59. The Labute approximate surface area is 562 Å². The van der Waals surface area contributed by atoms with Gasteiger partial charge in [0.1, 0.15) is 64.9 Å². The van der Waals surface area contributed by atoms with Gasteiger partial charge in [0.25, 0.3) is 0 Å². The van der Waals surface area contributed by atoms with Crippen molar-refractivity contribution >= 4 is 115 Å². The van der Waals surface area contributed by atoms with E-state index in [1.54, 1.807) is 109 Å². The summed E-state index contributed by atoms with van der Waals surface area (Å²) >= 11 is 0. The summed E-state index contributed by atoms with van der Waals surface area (Å²) in [6.07, 6.45) is 2.08. The summed E-state index contributed by atoms with van der Waals surface area (Å²) in [6.45, 7) is 5.47. The van der Waals surface area contributed by atoms with Crippen LogP contribution >= 0.6 is 0 Å². The van der Waals surface area contributed by atoms with Crippen LogP contribution in [0.5, 0.6) is 17.2 Å². The smallest absolute Gasteiger partial charge is 0.246 e. The maximum Gasteiger partial charge on any atom is 0.246 e. The highest BCUT2D eigenvalue weighted by Crippen LogP contribution is 2.35. The van der Waals surface area contributed by atoms with E-state index < -0.39 is 106 Å². The van der Waals surface area contributed by atoms with Crippen LogP contribution in [-0.2, 0) is 77.5 Å². The highest BCUT2D eigenvalue weighted by Gasteiger charge is 2.29. The fraction of sp³-hybridized carbons (Fsp3) is 0.314. The van der Waals surface area contributed by atoms with Crippen molar-refractivity contribution in [1.82, 2.24) is 30.9 Å². The zero-order valence-corrected chi connectivity index (χ0v) is 57.6. The molecule has 3 atom stereocenters.